The van der Waals surface area contributed by atoms with Crippen molar-refractivity contribution >= 4 is 29.5 Å². The van der Waals surface area contributed by atoms with Gasteiger partial charge in [0.1, 0.15) is 0 Å². The lowest BCUT2D eigenvalue weighted by Gasteiger charge is -2.30. The minimum atomic E-state index is -0.122. The van der Waals surface area contributed by atoms with Crippen LogP contribution in [-0.4, -0.2) is 169 Å². The van der Waals surface area contributed by atoms with Crippen LogP contribution in [0, 0.1) is 0 Å². The predicted octanol–water partition coefficient (Wildman–Crippen LogP) is -5.78. The summed E-state index contributed by atoms with van der Waals surface area (Å²) < 4.78 is 0. The van der Waals surface area contributed by atoms with Gasteiger partial charge in [0.05, 0.1) is 0 Å². The van der Waals surface area contributed by atoms with Crippen molar-refractivity contribution in [2.75, 3.05) is 124 Å². The van der Waals surface area contributed by atoms with Crippen LogP contribution in [-0.2, 0) is 24.0 Å². The quantitative estimate of drug-likeness (QED) is 0.0329. The highest BCUT2D eigenvalue weighted by atomic mass is 16.2. The van der Waals surface area contributed by atoms with Crippen LogP contribution in [0.25, 0.3) is 0 Å². The third kappa shape index (κ3) is 26.8. The lowest BCUT2D eigenvalue weighted by molar-refractivity contribution is -0.123. The second-order valence-corrected chi connectivity index (χ2v) is 11.0. The molecule has 0 aromatic rings. The Balaban J connectivity index is 5.58. The summed E-state index contributed by atoms with van der Waals surface area (Å²) in [5.41, 5.74) is 27.5. The van der Waals surface area contributed by atoms with Gasteiger partial charge in [-0.1, -0.05) is 0 Å². The van der Waals surface area contributed by atoms with Crippen molar-refractivity contribution < 1.29 is 24.0 Å². The first-order valence-electron chi connectivity index (χ1n) is 16.7. The first kappa shape index (κ1) is 44.0. The summed E-state index contributed by atoms with van der Waals surface area (Å²) in [6.45, 7) is 8.08. The number of hydrogen-bond donors (Lipinski definition) is 10. The van der Waals surface area contributed by atoms with Gasteiger partial charge in [-0.25, -0.2) is 0 Å². The largest absolute Gasteiger partial charge is 0.355 e. The van der Waals surface area contributed by atoms with Crippen molar-refractivity contribution in [2.24, 2.45) is 28.7 Å². The number of nitrogens with zero attached hydrogens (tertiary/aromatic N) is 3. The number of amides is 5. The number of hydrogen-bond acceptors (Lipinski definition) is 13. The molecule has 0 rings (SSSR count). The predicted molar refractivity (Wildman–Crippen MR) is 183 cm³/mol. The molecule has 274 valence electrons. The van der Waals surface area contributed by atoms with Crippen molar-refractivity contribution in [1.29, 1.82) is 0 Å². The Kier molecular flexibility index (Phi) is 28.4. The van der Waals surface area contributed by atoms with E-state index in [9.17, 15) is 24.0 Å². The highest BCUT2D eigenvalue weighted by Gasteiger charge is 2.17. The molecular weight excluding hydrogens is 610 g/mol. The minimum absolute atomic E-state index is 0.115. The average Bonchev–Trinajstić information content (AvgIpc) is 3.07. The Morgan fingerprint density at radius 3 is 0.660 bits per heavy atom. The van der Waals surface area contributed by atoms with E-state index < -0.39 is 0 Å². The molecule has 47 heavy (non-hydrogen) atoms. The molecule has 0 spiro atoms. The zero-order valence-corrected chi connectivity index (χ0v) is 28.2. The van der Waals surface area contributed by atoms with Gasteiger partial charge in [0, 0.05) is 156 Å². The molecular formula is C29H63N13O5. The van der Waals surface area contributed by atoms with Crippen LogP contribution in [0.5, 0.6) is 0 Å². The van der Waals surface area contributed by atoms with Crippen LogP contribution in [0.1, 0.15) is 32.1 Å². The van der Waals surface area contributed by atoms with Gasteiger partial charge in [-0.3, -0.25) is 24.0 Å². The third-order valence-electron chi connectivity index (χ3n) is 7.07. The lowest BCUT2D eigenvalue weighted by Crippen LogP contribution is -2.44. The van der Waals surface area contributed by atoms with Crippen molar-refractivity contribution in [2.45, 2.75) is 32.1 Å². The van der Waals surface area contributed by atoms with Crippen LogP contribution >= 0.6 is 0 Å². The molecule has 0 aliphatic heterocycles. The number of carbonyl (C=O) groups is 5. The Morgan fingerprint density at radius 2 is 0.489 bits per heavy atom. The molecule has 0 bridgehead atoms. The van der Waals surface area contributed by atoms with Crippen LogP contribution in [0.2, 0.25) is 0 Å². The molecule has 0 aliphatic carbocycles. The van der Waals surface area contributed by atoms with E-state index in [1.54, 1.807) is 0 Å². The smallest absolute Gasteiger partial charge is 0.221 e. The second-order valence-electron chi connectivity index (χ2n) is 11.0. The van der Waals surface area contributed by atoms with Crippen LogP contribution in [0.15, 0.2) is 0 Å². The monoisotopic (exact) mass is 674 g/mol. The number of rotatable bonds is 31. The summed E-state index contributed by atoms with van der Waals surface area (Å²) in [6, 6.07) is 0. The maximum atomic E-state index is 12.4. The van der Waals surface area contributed by atoms with Gasteiger partial charge in [-0.05, 0) is 0 Å². The maximum absolute atomic E-state index is 12.4. The molecule has 0 fully saturated rings. The van der Waals surface area contributed by atoms with E-state index >= 15 is 0 Å². The van der Waals surface area contributed by atoms with E-state index in [1.807, 2.05) is 9.80 Å². The fraction of sp³-hybridized carbons (Fsp3) is 0.828. The molecule has 18 heteroatoms. The Hall–Kier alpha value is -2.97. The molecule has 0 aromatic carbocycles. The van der Waals surface area contributed by atoms with Gasteiger partial charge < -0.3 is 70.0 Å². The van der Waals surface area contributed by atoms with Gasteiger partial charge in [0.15, 0.2) is 0 Å². The normalized spacial score (nSPS) is 11.1. The zero-order valence-electron chi connectivity index (χ0n) is 28.2. The summed E-state index contributed by atoms with van der Waals surface area (Å²) in [5.74, 6) is -0.604. The molecule has 15 N–H and O–H groups in total. The molecule has 0 heterocycles. The van der Waals surface area contributed by atoms with Crippen LogP contribution in [0.4, 0.5) is 0 Å². The Labute approximate surface area is 279 Å². The zero-order chi connectivity index (χ0) is 35.1. The van der Waals surface area contributed by atoms with Crippen molar-refractivity contribution in [3.05, 3.63) is 0 Å². The summed E-state index contributed by atoms with van der Waals surface area (Å²) >= 11 is 0. The van der Waals surface area contributed by atoms with Crippen LogP contribution in [0.3, 0.4) is 0 Å². The number of carbonyl (C=O) groups excluding carboxylic acids is 5. The van der Waals surface area contributed by atoms with E-state index in [0.29, 0.717) is 124 Å². The maximum Gasteiger partial charge on any atom is 0.221 e. The van der Waals surface area contributed by atoms with E-state index in [1.165, 1.54) is 0 Å². The summed E-state index contributed by atoms with van der Waals surface area (Å²) in [7, 11) is 0. The molecule has 0 atom stereocenters. The molecule has 18 nitrogen and oxygen atoms in total. The topological polar surface area (TPSA) is 285 Å². The van der Waals surface area contributed by atoms with E-state index in [4.69, 9.17) is 28.7 Å². The average molecular weight is 674 g/mol. The first-order valence-corrected chi connectivity index (χ1v) is 16.7. The third-order valence-corrected chi connectivity index (χ3v) is 7.07. The van der Waals surface area contributed by atoms with Gasteiger partial charge in [-0.15, -0.1) is 0 Å². The van der Waals surface area contributed by atoms with Gasteiger partial charge in [-0.2, -0.15) is 0 Å². The SMILES string of the molecule is NCCNC(=O)CCN(CCC(=O)NCCN)CCN(CCC(=O)NCCN)CCN(CCC(=O)NCCN)CCC(=O)NCCN. The molecule has 0 aliphatic rings. The van der Waals surface area contributed by atoms with E-state index in [0.717, 1.165) is 0 Å². The van der Waals surface area contributed by atoms with Gasteiger partial charge in [0.25, 0.3) is 0 Å². The van der Waals surface area contributed by atoms with E-state index in [2.05, 4.69) is 31.5 Å². The van der Waals surface area contributed by atoms with E-state index in [-0.39, 0.29) is 61.6 Å². The minimum Gasteiger partial charge on any atom is -0.355 e. The molecule has 0 radical (unpaired) electrons. The standard InChI is InChI=1S/C29H63N13O5/c30-6-11-35-25(43)1-16-40(17-2-26(44)36-12-7-31)21-23-42(20-5-29(47)39-15-10-34)24-22-41(18-3-27(45)37-13-8-32)19-4-28(46)38-14-9-33/h1-24,30-34H2,(H,35,43)(H,36,44)(H,37,45)(H,38,46)(H,39,47). The van der Waals surface area contributed by atoms with Crippen LogP contribution < -0.4 is 55.3 Å². The number of nitrogens with two attached hydrogens (primary N) is 5. The molecule has 0 aromatic heterocycles. The fourth-order valence-corrected chi connectivity index (χ4v) is 4.37. The van der Waals surface area contributed by atoms with Crippen molar-refractivity contribution in [3.8, 4) is 0 Å². The second kappa shape index (κ2) is 30.4. The lowest BCUT2D eigenvalue weighted by atomic mass is 10.2. The molecule has 0 saturated carbocycles. The van der Waals surface area contributed by atoms with Gasteiger partial charge in [0.2, 0.25) is 29.5 Å². The number of nitrogens with one attached hydrogen (secondary N) is 5. The molecule has 5 amide bonds. The Bertz CT molecular complexity index is 764. The molecule has 0 saturated heterocycles. The summed E-state index contributed by atoms with van der Waals surface area (Å²) in [6.07, 6.45) is 1.25. The molecule has 0 unspecified atom stereocenters. The van der Waals surface area contributed by atoms with Crippen molar-refractivity contribution in [1.82, 2.24) is 41.3 Å². The fourth-order valence-electron chi connectivity index (χ4n) is 4.37. The van der Waals surface area contributed by atoms with Crippen molar-refractivity contribution in [3.63, 3.8) is 0 Å². The summed E-state index contributed by atoms with van der Waals surface area (Å²) in [5, 5.41) is 13.9. The Morgan fingerprint density at radius 1 is 0.319 bits per heavy atom. The van der Waals surface area contributed by atoms with Gasteiger partial charge >= 0.3 is 0 Å². The first-order chi connectivity index (χ1) is 22.7. The highest BCUT2D eigenvalue weighted by molar-refractivity contribution is 5.77. The summed E-state index contributed by atoms with van der Waals surface area (Å²) in [4.78, 5) is 67.7. The highest BCUT2D eigenvalue weighted by Crippen LogP contribution is 2.02.